The van der Waals surface area contributed by atoms with Gasteiger partial charge in [0.1, 0.15) is 0 Å². The van der Waals surface area contributed by atoms with E-state index in [2.05, 4.69) is 23.1 Å². The summed E-state index contributed by atoms with van der Waals surface area (Å²) in [5.41, 5.74) is 7.03. The third-order valence-corrected chi connectivity index (χ3v) is 3.48. The van der Waals surface area contributed by atoms with Crippen LogP contribution in [0.4, 0.5) is 0 Å². The Hall–Kier alpha value is -1.42. The van der Waals surface area contributed by atoms with Gasteiger partial charge in [0.25, 0.3) is 0 Å². The Morgan fingerprint density at radius 2 is 2.29 bits per heavy atom. The van der Waals surface area contributed by atoms with Crippen molar-refractivity contribution < 1.29 is 4.52 Å². The van der Waals surface area contributed by atoms with Gasteiger partial charge in [-0.15, -0.1) is 0 Å². The molecule has 0 saturated heterocycles. The first-order chi connectivity index (χ1) is 8.28. The molecule has 1 aromatic rings. The molecule has 2 aliphatic rings. The number of hydrogen-bond acceptors (Lipinski definition) is 4. The van der Waals surface area contributed by atoms with Crippen molar-refractivity contribution in [2.45, 2.75) is 38.1 Å². The molecule has 90 valence electrons. The zero-order valence-electron chi connectivity index (χ0n) is 9.97. The van der Waals surface area contributed by atoms with Crippen LogP contribution in [-0.4, -0.2) is 16.2 Å². The molecule has 0 aromatic carbocycles. The van der Waals surface area contributed by atoms with Crippen molar-refractivity contribution in [1.82, 2.24) is 10.1 Å². The van der Waals surface area contributed by atoms with E-state index in [1.165, 1.54) is 12.8 Å². The molecule has 1 aromatic heterocycles. The zero-order chi connectivity index (χ0) is 11.8. The Bertz CT molecular complexity index is 471. The van der Waals surface area contributed by atoms with E-state index in [9.17, 15) is 0 Å². The average Bonchev–Trinajstić information content (AvgIpc) is 3.08. The van der Waals surface area contributed by atoms with E-state index in [0.717, 1.165) is 17.9 Å². The molecule has 0 radical (unpaired) electrons. The predicted molar refractivity (Wildman–Crippen MR) is 65.1 cm³/mol. The highest BCUT2D eigenvalue weighted by Gasteiger charge is 2.30. The van der Waals surface area contributed by atoms with Crippen LogP contribution in [0.3, 0.4) is 0 Å². The molecule has 17 heavy (non-hydrogen) atoms. The van der Waals surface area contributed by atoms with Crippen LogP contribution in [0, 0.1) is 5.92 Å². The number of nitrogens with two attached hydrogens (primary N) is 1. The molecular formula is C13H17N3O. The third kappa shape index (κ3) is 2.05. The van der Waals surface area contributed by atoms with Gasteiger partial charge >= 0.3 is 0 Å². The van der Waals surface area contributed by atoms with Crippen LogP contribution >= 0.6 is 0 Å². The minimum Gasteiger partial charge on any atom is -0.339 e. The molecule has 0 spiro atoms. The van der Waals surface area contributed by atoms with Crippen molar-refractivity contribution >= 4 is 5.57 Å². The van der Waals surface area contributed by atoms with Crippen LogP contribution in [0.1, 0.15) is 43.8 Å². The molecule has 2 unspecified atom stereocenters. The second-order valence-corrected chi connectivity index (χ2v) is 4.86. The summed E-state index contributed by atoms with van der Waals surface area (Å²) in [5.74, 6) is 2.37. The van der Waals surface area contributed by atoms with Gasteiger partial charge in [0.05, 0.1) is 0 Å². The Morgan fingerprint density at radius 3 is 3.00 bits per heavy atom. The highest BCUT2D eigenvalue weighted by atomic mass is 16.5. The van der Waals surface area contributed by atoms with Crippen LogP contribution in [0.2, 0.25) is 0 Å². The first-order valence-electron chi connectivity index (χ1n) is 6.27. The number of nitrogens with zero attached hydrogens (tertiary/aromatic N) is 2. The van der Waals surface area contributed by atoms with E-state index in [4.69, 9.17) is 10.3 Å². The molecular weight excluding hydrogens is 214 g/mol. The normalized spacial score (nSPS) is 28.2. The van der Waals surface area contributed by atoms with Crippen molar-refractivity contribution in [2.24, 2.45) is 11.7 Å². The van der Waals surface area contributed by atoms with Crippen molar-refractivity contribution in [3.8, 4) is 0 Å². The molecule has 0 aliphatic heterocycles. The summed E-state index contributed by atoms with van der Waals surface area (Å²) in [7, 11) is 0. The first kappa shape index (κ1) is 10.7. The van der Waals surface area contributed by atoms with E-state index < -0.39 is 0 Å². The van der Waals surface area contributed by atoms with Crippen molar-refractivity contribution in [3.05, 3.63) is 29.9 Å². The highest BCUT2D eigenvalue weighted by molar-refractivity contribution is 5.71. The van der Waals surface area contributed by atoms with Crippen LogP contribution < -0.4 is 5.73 Å². The standard InChI is InChI=1S/C13H17N3O/c1-2-8-7-10(5-6-11(8)14)12-15-13(17-16-12)9-3-4-9/h5-9,11H,2-4,14H2,1H3. The molecule has 0 bridgehead atoms. The van der Waals surface area contributed by atoms with Gasteiger partial charge in [-0.05, 0) is 25.2 Å². The van der Waals surface area contributed by atoms with Crippen molar-refractivity contribution in [1.29, 1.82) is 0 Å². The molecule has 1 fully saturated rings. The summed E-state index contributed by atoms with van der Waals surface area (Å²) in [6, 6.07) is 0.110. The number of hydrogen-bond donors (Lipinski definition) is 1. The van der Waals surface area contributed by atoms with Gasteiger partial charge in [-0.2, -0.15) is 4.98 Å². The Kier molecular flexibility index (Phi) is 2.59. The quantitative estimate of drug-likeness (QED) is 0.866. The maximum Gasteiger partial charge on any atom is 0.230 e. The maximum atomic E-state index is 6.00. The molecule has 2 N–H and O–H groups in total. The van der Waals surface area contributed by atoms with E-state index in [1.807, 2.05) is 12.2 Å². The van der Waals surface area contributed by atoms with Crippen molar-refractivity contribution in [3.63, 3.8) is 0 Å². The Morgan fingerprint density at radius 1 is 1.47 bits per heavy atom. The summed E-state index contributed by atoms with van der Waals surface area (Å²) in [6.45, 7) is 2.14. The maximum absolute atomic E-state index is 6.00. The molecule has 3 rings (SSSR count). The zero-order valence-corrected chi connectivity index (χ0v) is 9.97. The smallest absolute Gasteiger partial charge is 0.230 e. The number of rotatable bonds is 3. The Labute approximate surface area is 101 Å². The fourth-order valence-corrected chi connectivity index (χ4v) is 2.14. The van der Waals surface area contributed by atoms with E-state index in [-0.39, 0.29) is 6.04 Å². The largest absolute Gasteiger partial charge is 0.339 e. The van der Waals surface area contributed by atoms with Crippen LogP contribution in [0.25, 0.3) is 5.57 Å². The van der Waals surface area contributed by atoms with E-state index >= 15 is 0 Å². The minimum atomic E-state index is 0.110. The van der Waals surface area contributed by atoms with Gasteiger partial charge in [-0.3, -0.25) is 0 Å². The second-order valence-electron chi connectivity index (χ2n) is 4.86. The third-order valence-electron chi connectivity index (χ3n) is 3.48. The molecule has 0 amide bonds. The lowest BCUT2D eigenvalue weighted by Crippen LogP contribution is -2.28. The van der Waals surface area contributed by atoms with E-state index in [0.29, 0.717) is 17.7 Å². The summed E-state index contributed by atoms with van der Waals surface area (Å²) in [6.07, 6.45) is 9.57. The second kappa shape index (κ2) is 4.11. The number of aromatic nitrogens is 2. The summed E-state index contributed by atoms with van der Waals surface area (Å²) >= 11 is 0. The first-order valence-corrected chi connectivity index (χ1v) is 6.27. The van der Waals surface area contributed by atoms with Crippen LogP contribution in [-0.2, 0) is 0 Å². The summed E-state index contributed by atoms with van der Waals surface area (Å²) in [5, 5.41) is 4.05. The predicted octanol–water partition coefficient (Wildman–Crippen LogP) is 2.25. The van der Waals surface area contributed by atoms with Gasteiger partial charge in [0.15, 0.2) is 0 Å². The lowest BCUT2D eigenvalue weighted by Gasteiger charge is -2.20. The SMILES string of the molecule is CCC1C=C(c2noc(C3CC3)n2)C=CC1N. The molecule has 4 heteroatoms. The fraction of sp³-hybridized carbons (Fsp3) is 0.538. The molecule has 1 saturated carbocycles. The number of allylic oxidation sites excluding steroid dienone is 2. The summed E-state index contributed by atoms with van der Waals surface area (Å²) < 4.78 is 5.27. The molecule has 2 aliphatic carbocycles. The average molecular weight is 231 g/mol. The fourth-order valence-electron chi connectivity index (χ4n) is 2.14. The monoisotopic (exact) mass is 231 g/mol. The molecule has 2 atom stereocenters. The minimum absolute atomic E-state index is 0.110. The lowest BCUT2D eigenvalue weighted by molar-refractivity contribution is 0.377. The Balaban J connectivity index is 1.84. The van der Waals surface area contributed by atoms with Gasteiger partial charge in [0.2, 0.25) is 11.7 Å². The van der Waals surface area contributed by atoms with Gasteiger partial charge in [-0.1, -0.05) is 30.3 Å². The molecule has 1 heterocycles. The van der Waals surface area contributed by atoms with Crippen molar-refractivity contribution in [2.75, 3.05) is 0 Å². The van der Waals surface area contributed by atoms with E-state index in [1.54, 1.807) is 0 Å². The highest BCUT2D eigenvalue weighted by Crippen LogP contribution is 2.39. The van der Waals surface area contributed by atoms with Crippen LogP contribution in [0.5, 0.6) is 0 Å². The van der Waals surface area contributed by atoms with Crippen LogP contribution in [0.15, 0.2) is 22.8 Å². The topological polar surface area (TPSA) is 64.9 Å². The lowest BCUT2D eigenvalue weighted by atomic mass is 9.90. The molecule has 4 nitrogen and oxygen atoms in total. The van der Waals surface area contributed by atoms with Gasteiger partial charge in [0, 0.05) is 17.5 Å². The summed E-state index contributed by atoms with van der Waals surface area (Å²) in [4.78, 5) is 4.45. The van der Waals surface area contributed by atoms with Gasteiger partial charge < -0.3 is 10.3 Å². The van der Waals surface area contributed by atoms with Gasteiger partial charge in [-0.25, -0.2) is 0 Å².